The highest BCUT2D eigenvalue weighted by molar-refractivity contribution is 7.89. The molecule has 0 bridgehead atoms. The van der Waals surface area contributed by atoms with Gasteiger partial charge in [0.05, 0.1) is 17.1 Å². The number of rotatable bonds is 4. The second-order valence-electron chi connectivity index (χ2n) is 4.65. The van der Waals surface area contributed by atoms with Gasteiger partial charge in [0.15, 0.2) is 0 Å². The molecule has 114 valence electrons. The normalized spacial score (nSPS) is 15.3. The molecule has 1 aliphatic heterocycles. The van der Waals surface area contributed by atoms with Crippen LogP contribution in [0, 0.1) is 5.82 Å². The average molecular weight is 315 g/mol. The van der Waals surface area contributed by atoms with Crippen LogP contribution in [0.4, 0.5) is 10.1 Å². The number of nitrogens with two attached hydrogens (primary N) is 1. The molecule has 1 aliphatic rings. The Balaban J connectivity index is 2.06. The fourth-order valence-corrected chi connectivity index (χ4v) is 2.53. The predicted molar refractivity (Wildman–Crippen MR) is 72.2 cm³/mol. The van der Waals surface area contributed by atoms with Crippen LogP contribution >= 0.6 is 0 Å². The molecule has 0 radical (unpaired) electrons. The van der Waals surface area contributed by atoms with Gasteiger partial charge in [0.2, 0.25) is 21.8 Å². The SMILES string of the molecule is NS(=O)(=O)c1ccc(NC(=O)CN2CCCC2=O)c(F)c1. The van der Waals surface area contributed by atoms with Crippen LogP contribution in [0.3, 0.4) is 0 Å². The van der Waals surface area contributed by atoms with E-state index in [4.69, 9.17) is 5.14 Å². The van der Waals surface area contributed by atoms with Gasteiger partial charge in [-0.25, -0.2) is 17.9 Å². The number of anilines is 1. The number of nitrogens with zero attached hydrogens (tertiary/aromatic N) is 1. The first-order chi connectivity index (χ1) is 9.77. The van der Waals surface area contributed by atoms with E-state index in [2.05, 4.69) is 5.32 Å². The van der Waals surface area contributed by atoms with Crippen molar-refractivity contribution in [3.05, 3.63) is 24.0 Å². The van der Waals surface area contributed by atoms with E-state index < -0.39 is 21.7 Å². The third-order valence-electron chi connectivity index (χ3n) is 3.05. The van der Waals surface area contributed by atoms with Gasteiger partial charge in [0.25, 0.3) is 0 Å². The lowest BCUT2D eigenvalue weighted by atomic mass is 10.3. The Bertz CT molecular complexity index is 690. The molecular formula is C12H14FN3O4S. The molecule has 1 saturated heterocycles. The van der Waals surface area contributed by atoms with Crippen molar-refractivity contribution in [1.82, 2.24) is 4.90 Å². The van der Waals surface area contributed by atoms with E-state index in [1.165, 1.54) is 4.90 Å². The van der Waals surface area contributed by atoms with Crippen molar-refractivity contribution in [2.45, 2.75) is 17.7 Å². The number of benzene rings is 1. The van der Waals surface area contributed by atoms with Gasteiger partial charge in [-0.3, -0.25) is 9.59 Å². The average Bonchev–Trinajstić information content (AvgIpc) is 2.76. The van der Waals surface area contributed by atoms with Crippen molar-refractivity contribution in [1.29, 1.82) is 0 Å². The van der Waals surface area contributed by atoms with E-state index in [-0.39, 0.29) is 23.0 Å². The van der Waals surface area contributed by atoms with Gasteiger partial charge in [-0.2, -0.15) is 0 Å². The minimum Gasteiger partial charge on any atom is -0.333 e. The van der Waals surface area contributed by atoms with Gasteiger partial charge in [0.1, 0.15) is 5.82 Å². The lowest BCUT2D eigenvalue weighted by molar-refractivity contribution is -0.131. The molecule has 3 N–H and O–H groups in total. The van der Waals surface area contributed by atoms with Crippen molar-refractivity contribution in [3.8, 4) is 0 Å². The molecule has 0 unspecified atom stereocenters. The molecule has 0 atom stereocenters. The molecule has 1 aromatic rings. The van der Waals surface area contributed by atoms with Gasteiger partial charge in [-0.1, -0.05) is 0 Å². The lowest BCUT2D eigenvalue weighted by Gasteiger charge is -2.15. The number of carbonyl (C=O) groups is 2. The number of carbonyl (C=O) groups excluding carboxylic acids is 2. The minimum atomic E-state index is -4.00. The molecule has 2 rings (SSSR count). The summed E-state index contributed by atoms with van der Waals surface area (Å²) >= 11 is 0. The van der Waals surface area contributed by atoms with Crippen molar-refractivity contribution in [2.75, 3.05) is 18.4 Å². The number of hydrogen-bond donors (Lipinski definition) is 2. The van der Waals surface area contributed by atoms with Gasteiger partial charge in [-0.15, -0.1) is 0 Å². The molecular weight excluding hydrogens is 301 g/mol. The summed E-state index contributed by atoms with van der Waals surface area (Å²) in [6.07, 6.45) is 1.11. The maximum Gasteiger partial charge on any atom is 0.244 e. The molecule has 9 heteroatoms. The molecule has 0 aliphatic carbocycles. The fourth-order valence-electron chi connectivity index (χ4n) is 2.01. The van der Waals surface area contributed by atoms with E-state index in [0.29, 0.717) is 19.4 Å². The Labute approximate surface area is 121 Å². The molecule has 2 amide bonds. The third-order valence-corrected chi connectivity index (χ3v) is 3.96. The van der Waals surface area contributed by atoms with Crippen molar-refractivity contribution in [2.24, 2.45) is 5.14 Å². The smallest absolute Gasteiger partial charge is 0.244 e. The summed E-state index contributed by atoms with van der Waals surface area (Å²) in [5, 5.41) is 7.17. The summed E-state index contributed by atoms with van der Waals surface area (Å²) in [4.78, 5) is 24.1. The van der Waals surface area contributed by atoms with E-state index in [0.717, 1.165) is 18.2 Å². The van der Waals surface area contributed by atoms with Gasteiger partial charge in [-0.05, 0) is 24.6 Å². The van der Waals surface area contributed by atoms with E-state index in [1.807, 2.05) is 0 Å². The summed E-state index contributed by atoms with van der Waals surface area (Å²) in [5.41, 5.74) is -0.168. The first-order valence-corrected chi connectivity index (χ1v) is 7.72. The molecule has 0 aromatic heterocycles. The number of likely N-dealkylation sites (tertiary alicyclic amines) is 1. The van der Waals surface area contributed by atoms with Crippen LogP contribution in [0.1, 0.15) is 12.8 Å². The quantitative estimate of drug-likeness (QED) is 0.817. The fraction of sp³-hybridized carbons (Fsp3) is 0.333. The predicted octanol–water partition coefficient (Wildman–Crippen LogP) is 0.0340. The largest absolute Gasteiger partial charge is 0.333 e. The monoisotopic (exact) mass is 315 g/mol. The van der Waals surface area contributed by atoms with Gasteiger partial charge >= 0.3 is 0 Å². The number of sulfonamides is 1. The van der Waals surface area contributed by atoms with Crippen LogP contribution in [0.15, 0.2) is 23.1 Å². The number of primary sulfonamides is 1. The van der Waals surface area contributed by atoms with Crippen LogP contribution in [-0.2, 0) is 19.6 Å². The summed E-state index contributed by atoms with van der Waals surface area (Å²) < 4.78 is 35.8. The van der Waals surface area contributed by atoms with Gasteiger partial charge in [0, 0.05) is 13.0 Å². The maximum atomic E-state index is 13.7. The zero-order chi connectivity index (χ0) is 15.6. The Morgan fingerprint density at radius 3 is 2.67 bits per heavy atom. The lowest BCUT2D eigenvalue weighted by Crippen LogP contribution is -2.34. The molecule has 0 saturated carbocycles. The highest BCUT2D eigenvalue weighted by atomic mass is 32.2. The standard InChI is InChI=1S/C12H14FN3O4S/c13-9-6-8(21(14,19)20)3-4-10(9)15-11(17)7-16-5-1-2-12(16)18/h3-4,6H,1-2,5,7H2,(H,15,17)(H2,14,19,20). The second kappa shape index (κ2) is 5.78. The Hall–Kier alpha value is -2.00. The second-order valence-corrected chi connectivity index (χ2v) is 6.22. The summed E-state index contributed by atoms with van der Waals surface area (Å²) in [6.45, 7) is 0.342. The van der Waals surface area contributed by atoms with Gasteiger partial charge < -0.3 is 10.2 Å². The van der Waals surface area contributed by atoms with Crippen LogP contribution in [0.2, 0.25) is 0 Å². The maximum absolute atomic E-state index is 13.7. The van der Waals surface area contributed by atoms with E-state index >= 15 is 0 Å². The van der Waals surface area contributed by atoms with Crippen molar-refractivity contribution < 1.29 is 22.4 Å². The zero-order valence-electron chi connectivity index (χ0n) is 11.0. The third kappa shape index (κ3) is 3.76. The Morgan fingerprint density at radius 2 is 2.14 bits per heavy atom. The molecule has 1 aromatic carbocycles. The van der Waals surface area contributed by atoms with E-state index in [1.54, 1.807) is 0 Å². The number of hydrogen-bond acceptors (Lipinski definition) is 4. The van der Waals surface area contributed by atoms with Crippen LogP contribution in [-0.4, -0.2) is 38.2 Å². The number of halogens is 1. The first kappa shape index (κ1) is 15.4. The molecule has 21 heavy (non-hydrogen) atoms. The summed E-state index contributed by atoms with van der Waals surface area (Å²) in [5.74, 6) is -1.58. The van der Waals surface area contributed by atoms with Crippen LogP contribution in [0.5, 0.6) is 0 Å². The van der Waals surface area contributed by atoms with Crippen LogP contribution in [0.25, 0.3) is 0 Å². The Kier molecular flexibility index (Phi) is 4.24. The molecule has 1 heterocycles. The van der Waals surface area contributed by atoms with Crippen LogP contribution < -0.4 is 10.5 Å². The van der Waals surface area contributed by atoms with Crippen molar-refractivity contribution >= 4 is 27.5 Å². The minimum absolute atomic E-state index is 0.116. The molecule has 0 spiro atoms. The molecule has 7 nitrogen and oxygen atoms in total. The number of nitrogens with one attached hydrogen (secondary N) is 1. The summed E-state index contributed by atoms with van der Waals surface area (Å²) in [7, 11) is -4.00. The molecule has 1 fully saturated rings. The zero-order valence-corrected chi connectivity index (χ0v) is 11.8. The number of amides is 2. The summed E-state index contributed by atoms with van der Waals surface area (Å²) in [6, 6.07) is 2.93. The van der Waals surface area contributed by atoms with Crippen molar-refractivity contribution in [3.63, 3.8) is 0 Å². The highest BCUT2D eigenvalue weighted by Crippen LogP contribution is 2.18. The topological polar surface area (TPSA) is 110 Å². The first-order valence-electron chi connectivity index (χ1n) is 6.17. The Morgan fingerprint density at radius 1 is 1.43 bits per heavy atom. The highest BCUT2D eigenvalue weighted by Gasteiger charge is 2.22. The van der Waals surface area contributed by atoms with E-state index in [9.17, 15) is 22.4 Å².